The zero-order valence-electron chi connectivity index (χ0n) is 19.6. The molecule has 0 N–H and O–H groups in total. The molecule has 0 radical (unpaired) electrons. The number of hydrogen-bond donors (Lipinski definition) is 0. The summed E-state index contributed by atoms with van der Waals surface area (Å²) in [6.45, 7) is 0. The summed E-state index contributed by atoms with van der Waals surface area (Å²) in [6.07, 6.45) is 6.48. The van der Waals surface area contributed by atoms with E-state index in [0.717, 1.165) is 63.2 Å². The third-order valence-electron chi connectivity index (χ3n) is 7.34. The van der Waals surface area contributed by atoms with Gasteiger partial charge in [0.1, 0.15) is 11.5 Å². The van der Waals surface area contributed by atoms with Crippen molar-refractivity contribution in [2.75, 3.05) is 0 Å². The minimum atomic E-state index is 0.969. The van der Waals surface area contributed by atoms with Gasteiger partial charge in [-0.2, -0.15) is 0 Å². The van der Waals surface area contributed by atoms with Gasteiger partial charge in [-0.15, -0.1) is 0 Å². The van der Waals surface area contributed by atoms with Crippen LogP contribution in [0.15, 0.2) is 103 Å². The Morgan fingerprint density at radius 2 is 1.47 bits per heavy atom. The quantitative estimate of drug-likeness (QED) is 0.248. The molecule has 0 aliphatic heterocycles. The summed E-state index contributed by atoms with van der Waals surface area (Å²) in [6, 6.07) is 34.3. The van der Waals surface area contributed by atoms with Gasteiger partial charge in [-0.05, 0) is 66.8 Å². The highest BCUT2D eigenvalue weighted by atomic mass is 15.1. The van der Waals surface area contributed by atoms with Crippen molar-refractivity contribution in [2.24, 2.45) is 0 Å². The molecule has 0 saturated carbocycles. The lowest BCUT2D eigenvalue weighted by Crippen LogP contribution is -2.02. The molecule has 36 heavy (non-hydrogen) atoms. The maximum atomic E-state index is 5.18. The predicted molar refractivity (Wildman–Crippen MR) is 148 cm³/mol. The third-order valence-corrected chi connectivity index (χ3v) is 7.34. The summed E-state index contributed by atoms with van der Waals surface area (Å²) in [5.41, 5.74) is 8.89. The highest BCUT2D eigenvalue weighted by Crippen LogP contribution is 2.36. The molecule has 0 fully saturated rings. The molecule has 1 aliphatic rings. The first-order valence-electron chi connectivity index (χ1n) is 12.4. The summed E-state index contributed by atoms with van der Waals surface area (Å²) in [7, 11) is 0. The number of aryl methyl sites for hydroxylation is 1. The lowest BCUT2D eigenvalue weighted by Gasteiger charge is -2.14. The second-order valence-corrected chi connectivity index (χ2v) is 9.42. The van der Waals surface area contributed by atoms with E-state index >= 15 is 0 Å². The molecular formula is C32H22N4. The van der Waals surface area contributed by atoms with Gasteiger partial charge in [0.25, 0.3) is 0 Å². The standard InChI is InChI=1S/C32H22N4/c1-2-10-22(11-3-1)35-29-16-8-6-14-26(29)33-31(35)21-18-19-28-25(20-21)23-12-4-5-13-24(23)32-34-27-15-7-9-17-30(27)36(28)32/h1-5,7-13,15-20H,6,14H2. The van der Waals surface area contributed by atoms with Crippen LogP contribution < -0.4 is 0 Å². The summed E-state index contributed by atoms with van der Waals surface area (Å²) in [4.78, 5) is 10.2. The molecule has 0 bridgehead atoms. The first-order chi connectivity index (χ1) is 17.9. The number of benzene rings is 4. The topological polar surface area (TPSA) is 35.1 Å². The van der Waals surface area contributed by atoms with Crippen molar-refractivity contribution in [3.05, 3.63) is 115 Å². The van der Waals surface area contributed by atoms with Gasteiger partial charge in [0.05, 0.1) is 27.9 Å². The molecular weight excluding hydrogens is 440 g/mol. The number of pyridine rings is 1. The molecule has 0 amide bonds. The van der Waals surface area contributed by atoms with Gasteiger partial charge in [-0.1, -0.05) is 60.7 Å². The Labute approximate surface area is 207 Å². The summed E-state index contributed by atoms with van der Waals surface area (Å²) >= 11 is 0. The van der Waals surface area contributed by atoms with Crippen molar-refractivity contribution in [3.63, 3.8) is 0 Å². The van der Waals surface area contributed by atoms with Gasteiger partial charge in [0, 0.05) is 22.0 Å². The molecule has 0 atom stereocenters. The average molecular weight is 463 g/mol. The van der Waals surface area contributed by atoms with Crippen LogP contribution in [0.25, 0.3) is 61.5 Å². The van der Waals surface area contributed by atoms with Crippen LogP contribution in [-0.2, 0) is 6.42 Å². The van der Waals surface area contributed by atoms with Crippen LogP contribution in [0.5, 0.6) is 0 Å². The van der Waals surface area contributed by atoms with Crippen LogP contribution in [-0.4, -0.2) is 18.9 Å². The number of aromatic nitrogens is 4. The molecule has 0 spiro atoms. The molecule has 0 unspecified atom stereocenters. The lowest BCUT2D eigenvalue weighted by molar-refractivity contribution is 0.936. The minimum Gasteiger partial charge on any atom is -0.293 e. The van der Waals surface area contributed by atoms with Crippen molar-refractivity contribution in [1.82, 2.24) is 18.9 Å². The Hall–Kier alpha value is -4.70. The van der Waals surface area contributed by atoms with Gasteiger partial charge in [0.15, 0.2) is 0 Å². The maximum Gasteiger partial charge on any atom is 0.146 e. The van der Waals surface area contributed by atoms with Crippen molar-refractivity contribution in [1.29, 1.82) is 0 Å². The van der Waals surface area contributed by atoms with Crippen molar-refractivity contribution in [2.45, 2.75) is 12.8 Å². The van der Waals surface area contributed by atoms with E-state index in [9.17, 15) is 0 Å². The zero-order valence-corrected chi connectivity index (χ0v) is 19.6. The van der Waals surface area contributed by atoms with E-state index in [1.54, 1.807) is 0 Å². The Bertz CT molecular complexity index is 1990. The number of allylic oxidation sites excluding steroid dienone is 1. The maximum absolute atomic E-state index is 5.18. The summed E-state index contributed by atoms with van der Waals surface area (Å²) < 4.78 is 4.60. The molecule has 170 valence electrons. The second kappa shape index (κ2) is 7.40. The Balaban J connectivity index is 1.48. The van der Waals surface area contributed by atoms with Gasteiger partial charge in [-0.25, -0.2) is 9.97 Å². The Morgan fingerprint density at radius 3 is 2.39 bits per heavy atom. The number of hydrogen-bond acceptors (Lipinski definition) is 2. The molecule has 3 aromatic heterocycles. The monoisotopic (exact) mass is 462 g/mol. The van der Waals surface area contributed by atoms with E-state index in [1.165, 1.54) is 16.5 Å². The van der Waals surface area contributed by atoms with E-state index in [0.29, 0.717) is 0 Å². The van der Waals surface area contributed by atoms with Crippen LogP contribution in [0.3, 0.4) is 0 Å². The van der Waals surface area contributed by atoms with Crippen LogP contribution in [0.1, 0.15) is 17.8 Å². The molecule has 3 heterocycles. The molecule has 7 aromatic rings. The fraction of sp³-hybridized carbons (Fsp3) is 0.0625. The molecule has 4 aromatic carbocycles. The van der Waals surface area contributed by atoms with Gasteiger partial charge < -0.3 is 0 Å². The van der Waals surface area contributed by atoms with Gasteiger partial charge in [0.2, 0.25) is 0 Å². The largest absolute Gasteiger partial charge is 0.293 e. The number of rotatable bonds is 2. The summed E-state index contributed by atoms with van der Waals surface area (Å²) in [5, 5.41) is 3.57. The number of imidazole rings is 2. The van der Waals surface area contributed by atoms with Crippen molar-refractivity contribution in [3.8, 4) is 17.1 Å². The first-order valence-corrected chi connectivity index (χ1v) is 12.4. The van der Waals surface area contributed by atoms with Crippen LogP contribution in [0.4, 0.5) is 0 Å². The van der Waals surface area contributed by atoms with Crippen molar-refractivity contribution >= 4 is 44.4 Å². The van der Waals surface area contributed by atoms with E-state index in [1.807, 2.05) is 0 Å². The number of fused-ring (bicyclic) bond motifs is 9. The SMILES string of the molecule is C1=Cc2c(nc(-c3ccc4c(c3)c3ccccc3c3nc5ccccc5n43)n2-c2ccccc2)CC1. The number of para-hydroxylation sites is 3. The first kappa shape index (κ1) is 19.6. The fourth-order valence-corrected chi connectivity index (χ4v) is 5.73. The van der Waals surface area contributed by atoms with Crippen LogP contribution in [0, 0.1) is 0 Å². The van der Waals surface area contributed by atoms with Crippen LogP contribution in [0.2, 0.25) is 0 Å². The predicted octanol–water partition coefficient (Wildman–Crippen LogP) is 7.61. The van der Waals surface area contributed by atoms with E-state index in [4.69, 9.17) is 9.97 Å². The van der Waals surface area contributed by atoms with Crippen molar-refractivity contribution < 1.29 is 0 Å². The minimum absolute atomic E-state index is 0.969. The lowest BCUT2D eigenvalue weighted by atomic mass is 10.0. The van der Waals surface area contributed by atoms with E-state index < -0.39 is 0 Å². The highest BCUT2D eigenvalue weighted by molar-refractivity contribution is 6.14. The molecule has 1 aliphatic carbocycles. The Morgan fingerprint density at radius 1 is 0.667 bits per heavy atom. The zero-order chi connectivity index (χ0) is 23.6. The smallest absolute Gasteiger partial charge is 0.146 e. The fourth-order valence-electron chi connectivity index (χ4n) is 5.73. The van der Waals surface area contributed by atoms with E-state index in [-0.39, 0.29) is 0 Å². The normalized spacial score (nSPS) is 13.2. The molecule has 4 nitrogen and oxygen atoms in total. The Kier molecular flexibility index (Phi) is 4.03. The molecule has 4 heteroatoms. The average Bonchev–Trinajstić information content (AvgIpc) is 3.53. The number of nitrogens with zero attached hydrogens (tertiary/aromatic N) is 4. The molecule has 8 rings (SSSR count). The molecule has 0 saturated heterocycles. The van der Waals surface area contributed by atoms with E-state index in [2.05, 4.69) is 118 Å². The van der Waals surface area contributed by atoms with Gasteiger partial charge in [-0.3, -0.25) is 8.97 Å². The third kappa shape index (κ3) is 2.70. The van der Waals surface area contributed by atoms with Crippen LogP contribution >= 0.6 is 0 Å². The highest BCUT2D eigenvalue weighted by Gasteiger charge is 2.21. The summed E-state index contributed by atoms with van der Waals surface area (Å²) in [5.74, 6) is 0.985. The van der Waals surface area contributed by atoms with Gasteiger partial charge >= 0.3 is 0 Å². The second-order valence-electron chi connectivity index (χ2n) is 9.42.